The number of rotatable bonds is 8. The highest BCUT2D eigenvalue weighted by Gasteiger charge is 2.25. The number of nitrogens with zero attached hydrogens (tertiary/aromatic N) is 1. The molecule has 1 heterocycles. The van der Waals surface area contributed by atoms with Crippen LogP contribution in [0.3, 0.4) is 0 Å². The summed E-state index contributed by atoms with van der Waals surface area (Å²) in [4.78, 5) is 43.0. The summed E-state index contributed by atoms with van der Waals surface area (Å²) in [6, 6.07) is 39.1. The predicted molar refractivity (Wildman–Crippen MR) is 187 cm³/mol. The standard InChI is InChI=1S/C38H30ClN3O3S/c39-30-15-8-10-26(22-30)23-33(41-37(44)29-13-2-1-3-14-29)38(45)40-31-16-9-17-32(24-31)46-25-36(43)42-34-18-6-4-11-27(34)20-21-28-12-5-7-19-35(28)42/h1-19,22-24H,20-21,25H2,(H,40,45)(H,41,44)/b33-23-. The summed E-state index contributed by atoms with van der Waals surface area (Å²) in [6.07, 6.45) is 3.31. The van der Waals surface area contributed by atoms with Gasteiger partial charge in [0.15, 0.2) is 0 Å². The van der Waals surface area contributed by atoms with E-state index in [1.54, 1.807) is 60.7 Å². The zero-order valence-electron chi connectivity index (χ0n) is 24.8. The maximum absolute atomic E-state index is 13.8. The number of nitrogens with one attached hydrogen (secondary N) is 2. The molecule has 1 aliphatic rings. The van der Waals surface area contributed by atoms with Crippen molar-refractivity contribution in [3.05, 3.63) is 160 Å². The van der Waals surface area contributed by atoms with E-state index in [1.807, 2.05) is 65.6 Å². The lowest BCUT2D eigenvalue weighted by Crippen LogP contribution is -2.30. The van der Waals surface area contributed by atoms with E-state index < -0.39 is 11.8 Å². The summed E-state index contributed by atoms with van der Waals surface area (Å²) in [5.41, 5.74) is 5.77. The van der Waals surface area contributed by atoms with E-state index in [0.29, 0.717) is 21.8 Å². The van der Waals surface area contributed by atoms with Crippen molar-refractivity contribution in [2.75, 3.05) is 16.0 Å². The van der Waals surface area contributed by atoms with Crippen molar-refractivity contribution in [3.63, 3.8) is 0 Å². The minimum atomic E-state index is -0.500. The smallest absolute Gasteiger partial charge is 0.272 e. The van der Waals surface area contributed by atoms with Crippen LogP contribution in [0.25, 0.3) is 6.08 Å². The molecule has 0 aromatic heterocycles. The van der Waals surface area contributed by atoms with Gasteiger partial charge in [-0.05, 0) is 90.2 Å². The predicted octanol–water partition coefficient (Wildman–Crippen LogP) is 8.31. The molecule has 46 heavy (non-hydrogen) atoms. The summed E-state index contributed by atoms with van der Waals surface area (Å²) in [5.74, 6) is -0.743. The first-order valence-electron chi connectivity index (χ1n) is 14.8. The molecular formula is C38H30ClN3O3S. The number of fused-ring (bicyclic) bond motifs is 2. The maximum atomic E-state index is 13.8. The molecule has 228 valence electrons. The fourth-order valence-corrected chi connectivity index (χ4v) is 6.33. The van der Waals surface area contributed by atoms with E-state index in [9.17, 15) is 14.4 Å². The van der Waals surface area contributed by atoms with Crippen LogP contribution in [-0.4, -0.2) is 23.5 Å². The van der Waals surface area contributed by atoms with Gasteiger partial charge in [0.2, 0.25) is 5.91 Å². The molecule has 6 nitrogen and oxygen atoms in total. The van der Waals surface area contributed by atoms with Crippen molar-refractivity contribution < 1.29 is 14.4 Å². The number of hydrogen-bond acceptors (Lipinski definition) is 4. The molecule has 1 aliphatic heterocycles. The van der Waals surface area contributed by atoms with Crippen molar-refractivity contribution >= 4 is 64.2 Å². The Bertz CT molecular complexity index is 1900. The van der Waals surface area contributed by atoms with E-state index in [0.717, 1.165) is 40.2 Å². The number of halogens is 1. The van der Waals surface area contributed by atoms with Gasteiger partial charge < -0.3 is 10.6 Å². The molecule has 0 bridgehead atoms. The maximum Gasteiger partial charge on any atom is 0.272 e. The average Bonchev–Trinajstić information content (AvgIpc) is 3.24. The SMILES string of the molecule is O=C(Nc1cccc(SCC(=O)N2c3ccccc3CCc3ccccc32)c1)/C(=C/c1cccc(Cl)c1)NC(=O)c1ccccc1. The van der Waals surface area contributed by atoms with Crippen LogP contribution in [-0.2, 0) is 22.4 Å². The summed E-state index contributed by atoms with van der Waals surface area (Å²) < 4.78 is 0. The Hall–Kier alpha value is -5.11. The second-order valence-electron chi connectivity index (χ2n) is 10.7. The topological polar surface area (TPSA) is 78.5 Å². The van der Waals surface area contributed by atoms with Gasteiger partial charge in [-0.15, -0.1) is 11.8 Å². The van der Waals surface area contributed by atoms with Gasteiger partial charge in [0.25, 0.3) is 11.8 Å². The van der Waals surface area contributed by atoms with Gasteiger partial charge in [0, 0.05) is 21.2 Å². The number of carbonyl (C=O) groups excluding carboxylic acids is 3. The third-order valence-corrected chi connectivity index (χ3v) is 8.73. The van der Waals surface area contributed by atoms with E-state index in [4.69, 9.17) is 11.6 Å². The Morgan fingerprint density at radius 1 is 0.739 bits per heavy atom. The van der Waals surface area contributed by atoms with Crippen molar-refractivity contribution in [2.24, 2.45) is 0 Å². The first-order chi connectivity index (χ1) is 22.4. The third kappa shape index (κ3) is 7.40. The molecule has 0 saturated carbocycles. The number of hydrogen-bond donors (Lipinski definition) is 2. The van der Waals surface area contributed by atoms with E-state index in [1.165, 1.54) is 11.8 Å². The summed E-state index contributed by atoms with van der Waals surface area (Å²) in [6.45, 7) is 0. The molecule has 3 amide bonds. The quantitative estimate of drug-likeness (QED) is 0.132. The molecular weight excluding hydrogens is 614 g/mol. The fourth-order valence-electron chi connectivity index (χ4n) is 5.33. The summed E-state index contributed by atoms with van der Waals surface area (Å²) in [7, 11) is 0. The van der Waals surface area contributed by atoms with Gasteiger partial charge in [-0.2, -0.15) is 0 Å². The second kappa shape index (κ2) is 14.3. The number of anilines is 3. The first kappa shape index (κ1) is 30.9. The van der Waals surface area contributed by atoms with Crippen LogP contribution in [0.15, 0.2) is 138 Å². The molecule has 2 N–H and O–H groups in total. The highest BCUT2D eigenvalue weighted by Crippen LogP contribution is 2.37. The molecule has 6 rings (SSSR count). The highest BCUT2D eigenvalue weighted by atomic mass is 35.5. The monoisotopic (exact) mass is 643 g/mol. The number of aryl methyl sites for hydroxylation is 2. The largest absolute Gasteiger partial charge is 0.321 e. The molecule has 0 radical (unpaired) electrons. The normalized spacial score (nSPS) is 12.4. The molecule has 0 aliphatic carbocycles. The van der Waals surface area contributed by atoms with Crippen LogP contribution in [0.5, 0.6) is 0 Å². The van der Waals surface area contributed by atoms with Crippen LogP contribution in [0.2, 0.25) is 5.02 Å². The van der Waals surface area contributed by atoms with E-state index in [-0.39, 0.29) is 17.4 Å². The molecule has 0 fully saturated rings. The first-order valence-corrected chi connectivity index (χ1v) is 16.2. The molecule has 5 aromatic rings. The van der Waals surface area contributed by atoms with Crippen molar-refractivity contribution in [1.82, 2.24) is 5.32 Å². The molecule has 8 heteroatoms. The molecule has 5 aromatic carbocycles. The van der Waals surface area contributed by atoms with E-state index in [2.05, 4.69) is 22.8 Å². The Labute approximate surface area is 277 Å². The van der Waals surface area contributed by atoms with Crippen LogP contribution in [0.4, 0.5) is 17.1 Å². The number of amides is 3. The number of benzene rings is 5. The van der Waals surface area contributed by atoms with Gasteiger partial charge in [0.1, 0.15) is 5.70 Å². The molecule has 0 saturated heterocycles. The highest BCUT2D eigenvalue weighted by molar-refractivity contribution is 8.00. The van der Waals surface area contributed by atoms with Gasteiger partial charge in [-0.3, -0.25) is 19.3 Å². The lowest BCUT2D eigenvalue weighted by atomic mass is 10.0. The average molecular weight is 644 g/mol. The number of para-hydroxylation sites is 2. The molecule has 0 unspecified atom stereocenters. The minimum Gasteiger partial charge on any atom is -0.321 e. The summed E-state index contributed by atoms with van der Waals surface area (Å²) >= 11 is 7.57. The lowest BCUT2D eigenvalue weighted by molar-refractivity contribution is -0.115. The van der Waals surface area contributed by atoms with Crippen molar-refractivity contribution in [2.45, 2.75) is 17.7 Å². The van der Waals surface area contributed by atoms with Gasteiger partial charge in [-0.1, -0.05) is 84.4 Å². The lowest BCUT2D eigenvalue weighted by Gasteiger charge is -2.25. The molecule has 0 spiro atoms. The van der Waals surface area contributed by atoms with Crippen LogP contribution < -0.4 is 15.5 Å². The van der Waals surface area contributed by atoms with Crippen LogP contribution in [0.1, 0.15) is 27.0 Å². The van der Waals surface area contributed by atoms with Crippen molar-refractivity contribution in [1.29, 1.82) is 0 Å². The minimum absolute atomic E-state index is 0.0309. The van der Waals surface area contributed by atoms with E-state index >= 15 is 0 Å². The number of thioether (sulfide) groups is 1. The van der Waals surface area contributed by atoms with Crippen LogP contribution in [0, 0.1) is 0 Å². The summed E-state index contributed by atoms with van der Waals surface area (Å²) in [5, 5.41) is 6.15. The Morgan fingerprint density at radius 3 is 2.09 bits per heavy atom. The Kier molecular flexibility index (Phi) is 9.62. The number of carbonyl (C=O) groups is 3. The third-order valence-electron chi connectivity index (χ3n) is 7.52. The van der Waals surface area contributed by atoms with Crippen molar-refractivity contribution in [3.8, 4) is 0 Å². The Morgan fingerprint density at radius 2 is 1.39 bits per heavy atom. The van der Waals surface area contributed by atoms with Gasteiger partial charge in [0.05, 0.1) is 17.1 Å². The van der Waals surface area contributed by atoms with Crippen LogP contribution >= 0.6 is 23.4 Å². The Balaban J connectivity index is 1.19. The fraction of sp³-hybridized carbons (Fsp3) is 0.0789. The molecule has 0 atom stereocenters. The van der Waals surface area contributed by atoms with Gasteiger partial charge in [-0.25, -0.2) is 0 Å². The zero-order valence-corrected chi connectivity index (χ0v) is 26.4. The zero-order chi connectivity index (χ0) is 31.9. The van der Waals surface area contributed by atoms with Gasteiger partial charge >= 0.3 is 0 Å². The second-order valence-corrected chi connectivity index (χ2v) is 12.2.